The van der Waals surface area contributed by atoms with E-state index in [-0.39, 0.29) is 30.5 Å². The van der Waals surface area contributed by atoms with E-state index >= 15 is 0 Å². The molecule has 4 aliphatic rings. The van der Waals surface area contributed by atoms with Crippen LogP contribution in [0.15, 0.2) is 79.3 Å². The quantitative estimate of drug-likeness (QED) is 0.190. The minimum Gasteiger partial charge on any atom is -0.457 e. The van der Waals surface area contributed by atoms with Gasteiger partial charge < -0.3 is 20.7 Å². The number of carbonyl (C=O) groups is 3. The molecule has 3 amide bonds. The van der Waals surface area contributed by atoms with E-state index in [0.717, 1.165) is 91.6 Å². The van der Waals surface area contributed by atoms with Crippen molar-refractivity contribution in [3.8, 4) is 22.8 Å². The molecule has 1 unspecified atom stereocenters. The number of fused-ring (bicyclic) bond motifs is 1. The fraction of sp³-hybridized carbons (Fsp3) is 0.359. The molecule has 4 fully saturated rings. The molecular formula is C39H41N11O4. The van der Waals surface area contributed by atoms with Crippen LogP contribution in [0.2, 0.25) is 0 Å². The van der Waals surface area contributed by atoms with Gasteiger partial charge in [-0.05, 0) is 67.8 Å². The predicted octanol–water partition coefficient (Wildman–Crippen LogP) is 3.01. The zero-order chi connectivity index (χ0) is 36.8. The van der Waals surface area contributed by atoms with Crippen LogP contribution >= 0.6 is 0 Å². The second-order valence-electron chi connectivity index (χ2n) is 14.5. The first-order valence-electron chi connectivity index (χ1n) is 18.5. The highest BCUT2D eigenvalue weighted by atomic mass is 16.5. The van der Waals surface area contributed by atoms with Gasteiger partial charge in [-0.3, -0.25) is 29.5 Å². The Morgan fingerprint density at radius 1 is 0.815 bits per heavy atom. The Bertz CT molecular complexity index is 2170. The van der Waals surface area contributed by atoms with Gasteiger partial charge in [-0.15, -0.1) is 0 Å². The Morgan fingerprint density at radius 3 is 2.28 bits per heavy atom. The number of aromatic nitrogens is 5. The number of likely N-dealkylation sites (tertiary alicyclic amines) is 2. The number of imide groups is 1. The number of nitrogens with two attached hydrogens (primary N) is 1. The second kappa shape index (κ2) is 14.1. The SMILES string of the molecule is Nc1ncnc2c1c(-c1ccc(Oc3ccccc3)cc1)nn2C1CCN(C2CN(C3CN(c4ccc(C(=O)NC5CCC(=O)NC5=O)nc4)C3)C2)CC1. The Morgan fingerprint density at radius 2 is 1.56 bits per heavy atom. The summed E-state index contributed by atoms with van der Waals surface area (Å²) in [5.74, 6) is 0.732. The van der Waals surface area contributed by atoms with Crippen LogP contribution in [0.1, 0.15) is 42.2 Å². The van der Waals surface area contributed by atoms with Gasteiger partial charge in [-0.1, -0.05) is 18.2 Å². The van der Waals surface area contributed by atoms with Gasteiger partial charge in [0.25, 0.3) is 5.91 Å². The van der Waals surface area contributed by atoms with Crippen LogP contribution in [0.5, 0.6) is 11.5 Å². The van der Waals surface area contributed by atoms with Crippen LogP contribution in [-0.2, 0) is 9.59 Å². The van der Waals surface area contributed by atoms with Crippen LogP contribution in [0.3, 0.4) is 0 Å². The molecule has 4 N–H and O–H groups in total. The lowest BCUT2D eigenvalue weighted by Crippen LogP contribution is -2.70. The zero-order valence-electron chi connectivity index (χ0n) is 29.7. The van der Waals surface area contributed by atoms with Gasteiger partial charge in [-0.2, -0.15) is 5.10 Å². The number of anilines is 2. The molecule has 2 aromatic carbocycles. The summed E-state index contributed by atoms with van der Waals surface area (Å²) >= 11 is 0. The lowest BCUT2D eigenvalue weighted by Gasteiger charge is -2.55. The first-order valence-corrected chi connectivity index (χ1v) is 18.5. The summed E-state index contributed by atoms with van der Waals surface area (Å²) in [5, 5.41) is 10.8. The maximum absolute atomic E-state index is 12.6. The lowest BCUT2D eigenvalue weighted by atomic mass is 9.95. The van der Waals surface area contributed by atoms with Gasteiger partial charge in [0.1, 0.15) is 41.1 Å². The van der Waals surface area contributed by atoms with Crippen LogP contribution in [0, 0.1) is 0 Å². The van der Waals surface area contributed by atoms with Crippen LogP contribution in [-0.4, -0.2) is 110 Å². The molecular weight excluding hydrogens is 687 g/mol. The molecule has 0 bridgehead atoms. The molecule has 0 radical (unpaired) electrons. The number of carbonyl (C=O) groups excluding carboxylic acids is 3. The Kier molecular flexibility index (Phi) is 8.87. The maximum Gasteiger partial charge on any atom is 0.270 e. The number of nitrogen functional groups attached to an aromatic ring is 1. The first-order chi connectivity index (χ1) is 26.4. The third kappa shape index (κ3) is 6.60. The minimum absolute atomic E-state index is 0.205. The second-order valence-corrected chi connectivity index (χ2v) is 14.5. The zero-order valence-corrected chi connectivity index (χ0v) is 29.7. The number of hydrogen-bond donors (Lipinski definition) is 3. The van der Waals surface area contributed by atoms with E-state index in [1.54, 1.807) is 12.3 Å². The molecule has 276 valence electrons. The van der Waals surface area contributed by atoms with Gasteiger partial charge in [-0.25, -0.2) is 19.6 Å². The summed E-state index contributed by atoms with van der Waals surface area (Å²) in [6.07, 6.45) is 5.68. The molecule has 1 atom stereocenters. The lowest BCUT2D eigenvalue weighted by molar-refractivity contribution is -0.134. The van der Waals surface area contributed by atoms with Crippen molar-refractivity contribution in [2.24, 2.45) is 0 Å². The van der Waals surface area contributed by atoms with E-state index in [9.17, 15) is 14.4 Å². The summed E-state index contributed by atoms with van der Waals surface area (Å²) in [6, 6.07) is 21.7. The molecule has 54 heavy (non-hydrogen) atoms. The van der Waals surface area contributed by atoms with Crippen molar-refractivity contribution in [2.75, 3.05) is 49.9 Å². The molecule has 9 rings (SSSR count). The predicted molar refractivity (Wildman–Crippen MR) is 201 cm³/mol. The van der Waals surface area contributed by atoms with E-state index in [1.165, 1.54) is 6.33 Å². The van der Waals surface area contributed by atoms with Gasteiger partial charge in [0, 0.05) is 63.3 Å². The summed E-state index contributed by atoms with van der Waals surface area (Å²) in [6.45, 7) is 5.95. The Labute approximate surface area is 311 Å². The molecule has 0 aliphatic carbocycles. The Balaban J connectivity index is 0.762. The summed E-state index contributed by atoms with van der Waals surface area (Å²) in [7, 11) is 0. The third-order valence-corrected chi connectivity index (χ3v) is 11.1. The molecule has 15 nitrogen and oxygen atoms in total. The summed E-state index contributed by atoms with van der Waals surface area (Å²) in [5.41, 5.74) is 10.1. The molecule has 3 aromatic heterocycles. The average molecular weight is 728 g/mol. The fourth-order valence-electron chi connectivity index (χ4n) is 7.94. The molecule has 4 aliphatic heterocycles. The van der Waals surface area contributed by atoms with E-state index in [1.807, 2.05) is 60.7 Å². The monoisotopic (exact) mass is 727 g/mol. The van der Waals surface area contributed by atoms with E-state index in [0.29, 0.717) is 17.9 Å². The van der Waals surface area contributed by atoms with Crippen molar-refractivity contribution in [2.45, 2.75) is 49.9 Å². The highest BCUT2D eigenvalue weighted by molar-refractivity contribution is 6.03. The van der Waals surface area contributed by atoms with Crippen LogP contribution < -0.4 is 26.0 Å². The van der Waals surface area contributed by atoms with E-state index < -0.39 is 17.9 Å². The number of nitrogens with one attached hydrogen (secondary N) is 2. The molecule has 0 spiro atoms. The number of hydrogen-bond acceptors (Lipinski definition) is 12. The molecule has 7 heterocycles. The van der Waals surface area contributed by atoms with Gasteiger partial charge in [0.15, 0.2) is 5.65 Å². The van der Waals surface area contributed by atoms with Crippen LogP contribution in [0.25, 0.3) is 22.3 Å². The number of amides is 3. The molecule has 0 saturated carbocycles. The summed E-state index contributed by atoms with van der Waals surface area (Å²) in [4.78, 5) is 56.8. The smallest absolute Gasteiger partial charge is 0.270 e. The van der Waals surface area contributed by atoms with E-state index in [2.05, 4.69) is 45.0 Å². The highest BCUT2D eigenvalue weighted by Crippen LogP contribution is 2.36. The van der Waals surface area contributed by atoms with Crippen molar-refractivity contribution in [1.82, 2.24) is 45.2 Å². The minimum atomic E-state index is -0.726. The summed E-state index contributed by atoms with van der Waals surface area (Å²) < 4.78 is 8.06. The van der Waals surface area contributed by atoms with Crippen molar-refractivity contribution < 1.29 is 19.1 Å². The number of piperidine rings is 2. The van der Waals surface area contributed by atoms with Crippen molar-refractivity contribution in [3.63, 3.8) is 0 Å². The third-order valence-electron chi connectivity index (χ3n) is 11.1. The van der Waals surface area contributed by atoms with Gasteiger partial charge in [0.2, 0.25) is 11.8 Å². The molecule has 15 heteroatoms. The number of nitrogens with zero attached hydrogens (tertiary/aromatic N) is 8. The topological polar surface area (TPSA) is 177 Å². The van der Waals surface area contributed by atoms with Crippen molar-refractivity contribution in [1.29, 1.82) is 0 Å². The maximum atomic E-state index is 12.6. The Hall–Kier alpha value is -5.93. The van der Waals surface area contributed by atoms with Gasteiger partial charge in [0.05, 0.1) is 23.3 Å². The number of rotatable bonds is 9. The number of benzene rings is 2. The van der Waals surface area contributed by atoms with E-state index in [4.69, 9.17) is 15.6 Å². The molecule has 4 saturated heterocycles. The first kappa shape index (κ1) is 33.9. The number of para-hydroxylation sites is 1. The van der Waals surface area contributed by atoms with Gasteiger partial charge >= 0.3 is 0 Å². The largest absolute Gasteiger partial charge is 0.457 e. The fourth-order valence-corrected chi connectivity index (χ4v) is 7.94. The van der Waals surface area contributed by atoms with Crippen LogP contribution in [0.4, 0.5) is 11.5 Å². The van der Waals surface area contributed by atoms with Crippen molar-refractivity contribution in [3.05, 3.63) is 84.9 Å². The normalized spacial score (nSPS) is 20.4. The molecule has 5 aromatic rings. The highest BCUT2D eigenvalue weighted by Gasteiger charge is 2.42. The number of ether oxygens (including phenoxy) is 1. The standard InChI is InChI=1S/C39H41N11O4/c40-36-34-35(24-6-9-30(10-7-24)54-29-4-2-1-3-5-29)46-50(37(34)43-23-42-36)25-14-16-47(17-15-25)27-19-49(20-27)28-21-48(22-28)26-8-11-31(41-18-26)38(52)44-32-12-13-33(51)45-39(32)53/h1-11,18,23,25,27-28,32H,12-17,19-22H2,(H,44,52)(H2,40,42,43)(H,45,51,53). The van der Waals surface area contributed by atoms with Crippen molar-refractivity contribution >= 4 is 40.3 Å². The average Bonchev–Trinajstić information content (AvgIpc) is 3.55. The number of pyridine rings is 1.